The molecule has 6 aromatic carbocycles. The van der Waals surface area contributed by atoms with Crippen molar-refractivity contribution in [3.8, 4) is 11.5 Å². The molecule has 0 fully saturated rings. The van der Waals surface area contributed by atoms with Gasteiger partial charge in [-0.15, -0.1) is 0 Å². The zero-order chi connectivity index (χ0) is 28.9. The largest absolute Gasteiger partial charge is 0.507 e. The molecule has 0 saturated heterocycles. The Morgan fingerprint density at radius 2 is 1.24 bits per heavy atom. The van der Waals surface area contributed by atoms with Gasteiger partial charge in [-0.1, -0.05) is 109 Å². The number of ether oxygens (including phenoxy) is 1. The molecule has 1 N–H and O–H groups in total. The molecule has 1 heterocycles. The van der Waals surface area contributed by atoms with Gasteiger partial charge in [0, 0.05) is 23.9 Å². The predicted molar refractivity (Wildman–Crippen MR) is 166 cm³/mol. The number of amides is 1. The van der Waals surface area contributed by atoms with Crippen LogP contribution in [-0.4, -0.2) is 28.4 Å². The summed E-state index contributed by atoms with van der Waals surface area (Å²) >= 11 is 0. The number of phenolic OH excluding ortho intramolecular Hbond substituents is 1. The van der Waals surface area contributed by atoms with E-state index in [1.54, 1.807) is 24.3 Å². The minimum Gasteiger partial charge on any atom is -0.507 e. The molecule has 1 aliphatic rings. The highest BCUT2D eigenvalue weighted by molar-refractivity contribution is 6.12. The van der Waals surface area contributed by atoms with Crippen molar-refractivity contribution in [2.45, 2.75) is 13.0 Å². The smallest absolute Gasteiger partial charge is 0.344 e. The zero-order valence-electron chi connectivity index (χ0n) is 22.9. The van der Waals surface area contributed by atoms with E-state index in [1.165, 1.54) is 5.56 Å². The lowest BCUT2D eigenvalue weighted by Gasteiger charge is -2.24. The van der Waals surface area contributed by atoms with E-state index in [0.29, 0.717) is 35.4 Å². The second kappa shape index (κ2) is 12.0. The van der Waals surface area contributed by atoms with Crippen LogP contribution in [0.15, 0.2) is 133 Å². The molecule has 1 amide bonds. The molecule has 0 radical (unpaired) electrons. The van der Waals surface area contributed by atoms with Gasteiger partial charge in [0.25, 0.3) is 5.91 Å². The van der Waals surface area contributed by atoms with Gasteiger partial charge < -0.3 is 14.7 Å². The lowest BCUT2D eigenvalue weighted by Crippen LogP contribution is -2.32. The van der Waals surface area contributed by atoms with Crippen molar-refractivity contribution in [2.75, 3.05) is 6.54 Å². The fourth-order valence-electron chi connectivity index (χ4n) is 5.35. The molecule has 0 aliphatic carbocycles. The van der Waals surface area contributed by atoms with E-state index in [2.05, 4.69) is 12.1 Å². The van der Waals surface area contributed by atoms with Crippen LogP contribution < -0.4 is 4.74 Å². The number of carbonyl (C=O) groups is 2. The van der Waals surface area contributed by atoms with Crippen LogP contribution >= 0.6 is 0 Å². The highest BCUT2D eigenvalue weighted by atomic mass is 16.5. The van der Waals surface area contributed by atoms with Gasteiger partial charge in [-0.3, -0.25) is 4.79 Å². The third-order valence-electron chi connectivity index (χ3n) is 7.42. The van der Waals surface area contributed by atoms with Gasteiger partial charge in [0.15, 0.2) is 0 Å². The number of hydrogen-bond acceptors (Lipinski definition) is 4. The summed E-state index contributed by atoms with van der Waals surface area (Å²) in [6.07, 6.45) is 0.774. The van der Waals surface area contributed by atoms with Gasteiger partial charge in [0.05, 0.1) is 11.1 Å². The van der Waals surface area contributed by atoms with Gasteiger partial charge in [-0.25, -0.2) is 4.79 Å². The standard InChI is InChI=1S/C26H23NO2.C11H6O2/c28-24-16-8-14-22-13-7-15-23(25(22)24)26(29)27(19-21-11-5-2-6-12-21)18-17-20-9-3-1-4-10-20;12-11-8-5-1-3-7-4-2-6-9(13-11)10(7)8/h1-16,28H,17-19H2;1-6H. The summed E-state index contributed by atoms with van der Waals surface area (Å²) in [6, 6.07) is 42.4. The molecule has 6 aromatic rings. The van der Waals surface area contributed by atoms with E-state index in [1.807, 2.05) is 102 Å². The molecule has 0 atom stereocenters. The fraction of sp³-hybridized carbons (Fsp3) is 0.0811. The molecular weight excluding hydrogens is 522 g/mol. The second-order valence-corrected chi connectivity index (χ2v) is 10.2. The number of aromatic hydroxyl groups is 1. The third kappa shape index (κ3) is 5.58. The number of esters is 1. The normalized spacial score (nSPS) is 11.6. The first-order valence-electron chi connectivity index (χ1n) is 13.9. The van der Waals surface area contributed by atoms with Crippen molar-refractivity contribution >= 4 is 33.4 Å². The zero-order valence-corrected chi connectivity index (χ0v) is 22.9. The molecule has 0 aromatic heterocycles. The summed E-state index contributed by atoms with van der Waals surface area (Å²) in [5.41, 5.74) is 3.48. The molecule has 0 unspecified atom stereocenters. The number of benzene rings is 6. The highest BCUT2D eigenvalue weighted by Gasteiger charge is 2.23. The molecule has 0 spiro atoms. The van der Waals surface area contributed by atoms with Gasteiger partial charge in [0.2, 0.25) is 0 Å². The molecular formula is C37H29NO4. The molecule has 1 aliphatic heterocycles. The van der Waals surface area contributed by atoms with Crippen molar-refractivity contribution in [1.29, 1.82) is 0 Å². The number of fused-ring (bicyclic) bond motifs is 1. The molecule has 5 heteroatoms. The number of rotatable bonds is 6. The SMILES string of the molecule is O=C(c1cccc2cccc(O)c12)N(CCc1ccccc1)Cc1ccccc1.O=C1Oc2cccc3cccc1c23. The van der Waals surface area contributed by atoms with Crippen LogP contribution in [0.4, 0.5) is 0 Å². The lowest BCUT2D eigenvalue weighted by atomic mass is 10.0. The topological polar surface area (TPSA) is 66.8 Å². The molecule has 42 heavy (non-hydrogen) atoms. The summed E-state index contributed by atoms with van der Waals surface area (Å²) in [6.45, 7) is 1.12. The van der Waals surface area contributed by atoms with E-state index < -0.39 is 0 Å². The Kier molecular flexibility index (Phi) is 7.64. The summed E-state index contributed by atoms with van der Waals surface area (Å²) in [4.78, 5) is 26.7. The average molecular weight is 552 g/mol. The number of phenols is 1. The van der Waals surface area contributed by atoms with Crippen molar-refractivity contribution in [3.63, 3.8) is 0 Å². The molecule has 5 nitrogen and oxygen atoms in total. The van der Waals surface area contributed by atoms with Crippen LogP contribution in [-0.2, 0) is 13.0 Å². The van der Waals surface area contributed by atoms with E-state index >= 15 is 0 Å². The Hall–Kier alpha value is -5.42. The Balaban J connectivity index is 0.000000200. The Morgan fingerprint density at radius 1 is 0.643 bits per heavy atom. The minimum atomic E-state index is -0.244. The van der Waals surface area contributed by atoms with Gasteiger partial charge >= 0.3 is 5.97 Å². The maximum atomic E-state index is 13.6. The summed E-state index contributed by atoms with van der Waals surface area (Å²) < 4.78 is 5.08. The van der Waals surface area contributed by atoms with Gasteiger partial charge in [-0.2, -0.15) is 0 Å². The highest BCUT2D eigenvalue weighted by Crippen LogP contribution is 2.34. The van der Waals surface area contributed by atoms with Crippen molar-refractivity contribution in [2.24, 2.45) is 0 Å². The minimum absolute atomic E-state index is 0.0723. The first-order valence-corrected chi connectivity index (χ1v) is 13.9. The average Bonchev–Trinajstić information content (AvgIpc) is 3.37. The first-order chi connectivity index (χ1) is 20.6. The van der Waals surface area contributed by atoms with Crippen LogP contribution in [0.3, 0.4) is 0 Å². The Morgan fingerprint density at radius 3 is 1.95 bits per heavy atom. The Bertz CT molecular complexity index is 1870. The monoisotopic (exact) mass is 551 g/mol. The molecule has 206 valence electrons. The first kappa shape index (κ1) is 26.8. The summed E-state index contributed by atoms with van der Waals surface area (Å²) in [5.74, 6) is 0.496. The van der Waals surface area contributed by atoms with Crippen LogP contribution in [0.2, 0.25) is 0 Å². The molecule has 7 rings (SSSR count). The van der Waals surface area contributed by atoms with Crippen molar-refractivity contribution < 1.29 is 19.4 Å². The van der Waals surface area contributed by atoms with E-state index in [0.717, 1.165) is 28.1 Å². The number of hydrogen-bond donors (Lipinski definition) is 1. The van der Waals surface area contributed by atoms with Gasteiger partial charge in [0.1, 0.15) is 11.5 Å². The maximum Gasteiger partial charge on any atom is 0.344 e. The predicted octanol–water partition coefficient (Wildman–Crippen LogP) is 7.80. The summed E-state index contributed by atoms with van der Waals surface area (Å²) in [5, 5.41) is 13.9. The molecule has 0 bridgehead atoms. The summed E-state index contributed by atoms with van der Waals surface area (Å²) in [7, 11) is 0. The van der Waals surface area contributed by atoms with Crippen molar-refractivity contribution in [1.82, 2.24) is 4.90 Å². The second-order valence-electron chi connectivity index (χ2n) is 10.2. The van der Waals surface area contributed by atoms with Crippen LogP contribution in [0.1, 0.15) is 31.8 Å². The lowest BCUT2D eigenvalue weighted by molar-refractivity contribution is 0.0741. The quantitative estimate of drug-likeness (QED) is 0.169. The molecule has 0 saturated carbocycles. The third-order valence-corrected chi connectivity index (χ3v) is 7.42. The Labute approximate surface area is 244 Å². The van der Waals surface area contributed by atoms with Crippen LogP contribution in [0.25, 0.3) is 21.5 Å². The van der Waals surface area contributed by atoms with E-state index in [4.69, 9.17) is 4.74 Å². The van der Waals surface area contributed by atoms with Gasteiger partial charge in [-0.05, 0) is 52.6 Å². The van der Waals surface area contributed by atoms with Crippen molar-refractivity contribution in [3.05, 3.63) is 156 Å². The number of carbonyl (C=O) groups excluding carboxylic acids is 2. The fourth-order valence-corrected chi connectivity index (χ4v) is 5.35. The van der Waals surface area contributed by atoms with E-state index in [9.17, 15) is 14.7 Å². The van der Waals surface area contributed by atoms with Crippen LogP contribution in [0, 0.1) is 0 Å². The van der Waals surface area contributed by atoms with Crippen LogP contribution in [0.5, 0.6) is 11.5 Å². The number of nitrogens with zero attached hydrogens (tertiary/aromatic N) is 1. The van der Waals surface area contributed by atoms with E-state index in [-0.39, 0.29) is 17.6 Å². The maximum absolute atomic E-state index is 13.6.